The van der Waals surface area contributed by atoms with Crippen molar-refractivity contribution in [1.29, 1.82) is 0 Å². The number of carbonyl (C=O) groups is 1. The van der Waals surface area contributed by atoms with Gasteiger partial charge in [-0.25, -0.2) is 0 Å². The summed E-state index contributed by atoms with van der Waals surface area (Å²) in [6.07, 6.45) is 1.99. The van der Waals surface area contributed by atoms with Crippen molar-refractivity contribution in [3.05, 3.63) is 82.7 Å². The standard InChI is InChI=1S/C23H22N2O3S/c1-25(22(26)15-28-20-11-6-5-10-19(20)27-2)23(21-12-7-13-29-21)17-14-24-18-9-4-3-8-16(17)18/h3-14,23-24H,15H2,1-2H3. The molecule has 148 valence electrons. The Morgan fingerprint density at radius 1 is 1.07 bits per heavy atom. The number of H-pyrrole nitrogens is 1. The summed E-state index contributed by atoms with van der Waals surface area (Å²) in [5.74, 6) is 1.05. The van der Waals surface area contributed by atoms with E-state index < -0.39 is 0 Å². The average Bonchev–Trinajstić information content (AvgIpc) is 3.43. The lowest BCUT2D eigenvalue weighted by Crippen LogP contribution is -2.35. The first kappa shape index (κ1) is 19.1. The molecule has 0 fully saturated rings. The van der Waals surface area contributed by atoms with E-state index in [0.717, 1.165) is 21.3 Å². The highest BCUT2D eigenvalue weighted by Crippen LogP contribution is 2.35. The molecule has 29 heavy (non-hydrogen) atoms. The number of nitrogens with zero attached hydrogens (tertiary/aromatic N) is 1. The third-order valence-electron chi connectivity index (χ3n) is 4.93. The van der Waals surface area contributed by atoms with Crippen molar-refractivity contribution in [1.82, 2.24) is 9.88 Å². The molecule has 1 N–H and O–H groups in total. The summed E-state index contributed by atoms with van der Waals surface area (Å²) >= 11 is 1.64. The molecule has 1 unspecified atom stereocenters. The third kappa shape index (κ3) is 3.84. The molecule has 0 bridgehead atoms. The van der Waals surface area contributed by atoms with Crippen LogP contribution in [0.5, 0.6) is 11.5 Å². The maximum atomic E-state index is 13.0. The number of carbonyl (C=O) groups excluding carboxylic acids is 1. The van der Waals surface area contributed by atoms with Gasteiger partial charge in [-0.1, -0.05) is 36.4 Å². The molecule has 2 heterocycles. The van der Waals surface area contributed by atoms with Crippen LogP contribution in [0.25, 0.3) is 10.9 Å². The van der Waals surface area contributed by atoms with Gasteiger partial charge in [-0.05, 0) is 29.6 Å². The topological polar surface area (TPSA) is 54.6 Å². The number of ether oxygens (including phenoxy) is 2. The van der Waals surface area contributed by atoms with Crippen molar-refractivity contribution in [2.75, 3.05) is 20.8 Å². The molecule has 0 saturated heterocycles. The first-order chi connectivity index (χ1) is 14.2. The fraction of sp³-hybridized carbons (Fsp3) is 0.174. The number of likely N-dealkylation sites (N-methyl/N-ethyl adjacent to an activating group) is 1. The van der Waals surface area contributed by atoms with Crippen molar-refractivity contribution >= 4 is 28.1 Å². The van der Waals surface area contributed by atoms with Crippen LogP contribution >= 0.6 is 11.3 Å². The summed E-state index contributed by atoms with van der Waals surface area (Å²) in [6, 6.07) is 19.3. The number of fused-ring (bicyclic) bond motifs is 1. The lowest BCUT2D eigenvalue weighted by Gasteiger charge is -2.27. The van der Waals surface area contributed by atoms with Gasteiger partial charge in [0.05, 0.1) is 13.2 Å². The van der Waals surface area contributed by atoms with Crippen LogP contribution in [0.3, 0.4) is 0 Å². The number of aromatic amines is 1. The second kappa shape index (κ2) is 8.41. The van der Waals surface area contributed by atoms with E-state index in [0.29, 0.717) is 11.5 Å². The molecule has 2 aromatic heterocycles. The molecule has 0 spiro atoms. The highest BCUT2D eigenvalue weighted by atomic mass is 32.1. The highest BCUT2D eigenvalue weighted by Gasteiger charge is 2.27. The monoisotopic (exact) mass is 406 g/mol. The number of amides is 1. The van der Waals surface area contributed by atoms with Crippen LogP contribution in [0.2, 0.25) is 0 Å². The number of hydrogen-bond acceptors (Lipinski definition) is 4. The molecule has 0 aliphatic rings. The van der Waals surface area contributed by atoms with Gasteiger partial charge in [0.2, 0.25) is 0 Å². The summed E-state index contributed by atoms with van der Waals surface area (Å²) in [4.78, 5) is 19.2. The van der Waals surface area contributed by atoms with Crippen LogP contribution in [-0.2, 0) is 4.79 Å². The lowest BCUT2D eigenvalue weighted by atomic mass is 10.0. The van der Waals surface area contributed by atoms with E-state index in [4.69, 9.17) is 9.47 Å². The summed E-state index contributed by atoms with van der Waals surface area (Å²) in [5, 5.41) is 3.14. The highest BCUT2D eigenvalue weighted by molar-refractivity contribution is 7.10. The Morgan fingerprint density at radius 2 is 1.83 bits per heavy atom. The Labute approximate surface area is 173 Å². The maximum absolute atomic E-state index is 13.0. The molecule has 0 radical (unpaired) electrons. The fourth-order valence-corrected chi connectivity index (χ4v) is 4.33. The summed E-state index contributed by atoms with van der Waals surface area (Å²) in [6.45, 7) is -0.0683. The number of nitrogens with one attached hydrogen (secondary N) is 1. The van der Waals surface area contributed by atoms with Crippen molar-refractivity contribution in [2.45, 2.75) is 6.04 Å². The van der Waals surface area contributed by atoms with Gasteiger partial charge < -0.3 is 19.4 Å². The third-order valence-corrected chi connectivity index (χ3v) is 5.85. The predicted molar refractivity (Wildman–Crippen MR) is 116 cm³/mol. The molecular formula is C23H22N2O3S. The van der Waals surface area contributed by atoms with Gasteiger partial charge >= 0.3 is 0 Å². The molecule has 1 amide bonds. The van der Waals surface area contributed by atoms with Gasteiger partial charge in [-0.2, -0.15) is 0 Å². The fourth-order valence-electron chi connectivity index (χ4n) is 3.44. The molecule has 0 saturated carbocycles. The van der Waals surface area contributed by atoms with Gasteiger partial charge in [0, 0.05) is 34.6 Å². The quantitative estimate of drug-likeness (QED) is 0.477. The van der Waals surface area contributed by atoms with Gasteiger partial charge in [0.1, 0.15) is 0 Å². The number of methoxy groups -OCH3 is 1. The van der Waals surface area contributed by atoms with Gasteiger partial charge in [-0.3, -0.25) is 4.79 Å². The first-order valence-corrected chi connectivity index (χ1v) is 10.2. The predicted octanol–water partition coefficient (Wildman–Crippen LogP) is 4.86. The number of thiophene rings is 1. The normalized spacial score (nSPS) is 11.9. The van der Waals surface area contributed by atoms with Crippen LogP contribution in [0, 0.1) is 0 Å². The number of rotatable bonds is 7. The number of aromatic nitrogens is 1. The van der Waals surface area contributed by atoms with Gasteiger partial charge in [0.15, 0.2) is 18.1 Å². The summed E-state index contributed by atoms with van der Waals surface area (Å²) < 4.78 is 11.1. The van der Waals surface area contributed by atoms with Crippen LogP contribution < -0.4 is 9.47 Å². The van der Waals surface area contributed by atoms with Crippen LogP contribution in [0.1, 0.15) is 16.5 Å². The number of hydrogen-bond donors (Lipinski definition) is 1. The largest absolute Gasteiger partial charge is 0.493 e. The van der Waals surface area contributed by atoms with E-state index >= 15 is 0 Å². The number of para-hydroxylation sites is 3. The molecule has 0 aliphatic heterocycles. The zero-order valence-electron chi connectivity index (χ0n) is 16.3. The zero-order chi connectivity index (χ0) is 20.2. The lowest BCUT2D eigenvalue weighted by molar-refractivity contribution is -0.133. The minimum Gasteiger partial charge on any atom is -0.493 e. The van der Waals surface area contributed by atoms with Crippen molar-refractivity contribution < 1.29 is 14.3 Å². The van der Waals surface area contributed by atoms with Crippen LogP contribution in [0.4, 0.5) is 0 Å². The molecule has 5 nitrogen and oxygen atoms in total. The van der Waals surface area contributed by atoms with E-state index in [1.165, 1.54) is 0 Å². The maximum Gasteiger partial charge on any atom is 0.261 e. The SMILES string of the molecule is COc1ccccc1OCC(=O)N(C)C(c1cccs1)c1c[nH]c2ccccc12. The molecular weight excluding hydrogens is 384 g/mol. The Kier molecular flexibility index (Phi) is 5.53. The van der Waals surface area contributed by atoms with E-state index in [1.54, 1.807) is 29.4 Å². The van der Waals surface area contributed by atoms with E-state index in [-0.39, 0.29) is 18.6 Å². The minimum absolute atomic E-state index is 0.0683. The Hall–Kier alpha value is -3.25. The first-order valence-electron chi connectivity index (χ1n) is 9.30. The average molecular weight is 407 g/mol. The van der Waals surface area contributed by atoms with Gasteiger partial charge in [0.25, 0.3) is 5.91 Å². The van der Waals surface area contributed by atoms with E-state index in [9.17, 15) is 4.79 Å². The molecule has 4 rings (SSSR count). The molecule has 4 aromatic rings. The van der Waals surface area contributed by atoms with Gasteiger partial charge in [-0.15, -0.1) is 11.3 Å². The molecule has 2 aromatic carbocycles. The number of benzene rings is 2. The Morgan fingerprint density at radius 3 is 2.59 bits per heavy atom. The van der Waals surface area contributed by atoms with E-state index in [2.05, 4.69) is 17.1 Å². The second-order valence-electron chi connectivity index (χ2n) is 6.65. The smallest absolute Gasteiger partial charge is 0.261 e. The zero-order valence-corrected chi connectivity index (χ0v) is 17.1. The van der Waals surface area contributed by atoms with Crippen molar-refractivity contribution in [2.24, 2.45) is 0 Å². The molecule has 0 aliphatic carbocycles. The summed E-state index contributed by atoms with van der Waals surface area (Å²) in [7, 11) is 3.40. The van der Waals surface area contributed by atoms with Crippen LogP contribution in [-0.4, -0.2) is 36.6 Å². The second-order valence-corrected chi connectivity index (χ2v) is 7.63. The minimum atomic E-state index is -0.195. The van der Waals surface area contributed by atoms with E-state index in [1.807, 2.05) is 61.1 Å². The summed E-state index contributed by atoms with van der Waals surface area (Å²) in [5.41, 5.74) is 2.12. The van der Waals surface area contributed by atoms with Crippen LogP contribution in [0.15, 0.2) is 72.2 Å². The Balaban J connectivity index is 1.60. The molecule has 6 heteroatoms. The van der Waals surface area contributed by atoms with Crippen molar-refractivity contribution in [3.8, 4) is 11.5 Å². The molecule has 1 atom stereocenters. The Bertz CT molecular complexity index is 1100. The van der Waals surface area contributed by atoms with Crippen molar-refractivity contribution in [3.63, 3.8) is 0 Å².